The average Bonchev–Trinajstić information content (AvgIpc) is 2.94. The Balaban J connectivity index is 1.96. The van der Waals surface area contributed by atoms with Crippen LogP contribution in [0, 0.1) is 22.0 Å². The van der Waals surface area contributed by atoms with Crippen LogP contribution in [0.15, 0.2) is 36.4 Å². The minimum absolute atomic E-state index is 0.00855. The molecule has 0 atom stereocenters. The molecule has 108 valence electrons. The number of aliphatic hydroxyl groups excluding tert-OH is 1. The second-order valence-electron chi connectivity index (χ2n) is 4.08. The molecule has 0 amide bonds. The zero-order chi connectivity index (χ0) is 15.1. The highest BCUT2D eigenvalue weighted by Crippen LogP contribution is 2.22. The second-order valence-corrected chi connectivity index (χ2v) is 5.25. The molecule has 1 aromatic heterocycles. The number of nitrogens with zero attached hydrogens (tertiary/aromatic N) is 1. The normalized spacial score (nSPS) is 9.76. The third-order valence-electron chi connectivity index (χ3n) is 2.52. The quantitative estimate of drug-likeness (QED) is 0.523. The number of rotatable bonds is 5. The Morgan fingerprint density at radius 3 is 2.95 bits per heavy atom. The third-order valence-corrected chi connectivity index (χ3v) is 3.49. The van der Waals surface area contributed by atoms with E-state index in [1.165, 1.54) is 23.5 Å². The van der Waals surface area contributed by atoms with Gasteiger partial charge in [0, 0.05) is 17.4 Å². The molecule has 2 aromatic rings. The highest BCUT2D eigenvalue weighted by molar-refractivity contribution is 7.12. The Morgan fingerprint density at radius 1 is 1.33 bits per heavy atom. The molecule has 0 radical (unpaired) electrons. The van der Waals surface area contributed by atoms with Crippen LogP contribution in [-0.4, -0.2) is 16.6 Å². The summed E-state index contributed by atoms with van der Waals surface area (Å²) in [5, 5.41) is 19.3. The maximum Gasteiger partial charge on any atom is 0.273 e. The van der Waals surface area contributed by atoms with Gasteiger partial charge in [0.15, 0.2) is 0 Å². The molecule has 21 heavy (non-hydrogen) atoms. The Morgan fingerprint density at radius 2 is 2.19 bits per heavy atom. The van der Waals surface area contributed by atoms with E-state index in [2.05, 4.69) is 11.8 Å². The Labute approximate surface area is 126 Å². The summed E-state index contributed by atoms with van der Waals surface area (Å²) in [6.45, 7) is 0.397. The maximum absolute atomic E-state index is 10.7. The lowest BCUT2D eigenvalue weighted by molar-refractivity contribution is -0.384. The van der Waals surface area contributed by atoms with E-state index in [0.29, 0.717) is 18.8 Å². The molecule has 0 saturated carbocycles. The number of nitro groups is 1. The van der Waals surface area contributed by atoms with E-state index < -0.39 is 4.92 Å². The summed E-state index contributed by atoms with van der Waals surface area (Å²) < 4.78 is 5.54. The molecule has 0 spiro atoms. The van der Waals surface area contributed by atoms with E-state index in [-0.39, 0.29) is 12.3 Å². The van der Waals surface area contributed by atoms with Crippen LogP contribution in [0.25, 0.3) is 0 Å². The van der Waals surface area contributed by atoms with Gasteiger partial charge >= 0.3 is 0 Å². The summed E-state index contributed by atoms with van der Waals surface area (Å²) in [6, 6.07) is 9.89. The van der Waals surface area contributed by atoms with Gasteiger partial charge in [-0.05, 0) is 18.2 Å². The van der Waals surface area contributed by atoms with E-state index in [1.54, 1.807) is 12.1 Å². The van der Waals surface area contributed by atoms with Gasteiger partial charge in [-0.1, -0.05) is 17.9 Å². The van der Waals surface area contributed by atoms with Crippen molar-refractivity contribution in [2.24, 2.45) is 0 Å². The van der Waals surface area contributed by atoms with E-state index >= 15 is 0 Å². The van der Waals surface area contributed by atoms with Gasteiger partial charge in [-0.2, -0.15) is 0 Å². The molecule has 0 aliphatic heterocycles. The fourth-order valence-electron chi connectivity index (χ4n) is 1.57. The molecule has 1 N–H and O–H groups in total. The number of nitro benzene ring substituents is 1. The van der Waals surface area contributed by atoms with Gasteiger partial charge in [-0.25, -0.2) is 0 Å². The van der Waals surface area contributed by atoms with E-state index in [4.69, 9.17) is 9.84 Å². The first-order valence-electron chi connectivity index (χ1n) is 6.25. The topological polar surface area (TPSA) is 72.6 Å². The van der Waals surface area contributed by atoms with Gasteiger partial charge in [0.25, 0.3) is 5.69 Å². The van der Waals surface area contributed by atoms with Crippen LogP contribution in [0.4, 0.5) is 5.69 Å². The lowest BCUT2D eigenvalue weighted by atomic mass is 10.3. The number of non-ortho nitro benzene ring substituents is 1. The van der Waals surface area contributed by atoms with Crippen LogP contribution in [-0.2, 0) is 6.61 Å². The van der Waals surface area contributed by atoms with Crippen molar-refractivity contribution in [1.82, 2.24) is 0 Å². The van der Waals surface area contributed by atoms with Crippen molar-refractivity contribution >= 4 is 17.0 Å². The third kappa shape index (κ3) is 4.60. The Kier molecular flexibility index (Phi) is 5.32. The van der Waals surface area contributed by atoms with Crippen molar-refractivity contribution in [1.29, 1.82) is 0 Å². The van der Waals surface area contributed by atoms with Gasteiger partial charge in [-0.3, -0.25) is 10.1 Å². The molecule has 5 nitrogen and oxygen atoms in total. The molecule has 1 aromatic carbocycles. The second kappa shape index (κ2) is 7.43. The van der Waals surface area contributed by atoms with Gasteiger partial charge in [-0.15, -0.1) is 11.3 Å². The number of thiophene rings is 1. The zero-order valence-corrected chi connectivity index (χ0v) is 11.9. The van der Waals surface area contributed by atoms with Gasteiger partial charge in [0.05, 0.1) is 22.5 Å². The largest absolute Gasteiger partial charge is 0.488 e. The highest BCUT2D eigenvalue weighted by atomic mass is 32.1. The number of hydrogen-bond donors (Lipinski definition) is 1. The molecule has 6 heteroatoms. The van der Waals surface area contributed by atoms with Crippen LogP contribution in [0.5, 0.6) is 5.75 Å². The van der Waals surface area contributed by atoms with Crippen molar-refractivity contribution in [2.75, 3.05) is 6.61 Å². The Hall–Kier alpha value is -2.36. The van der Waals surface area contributed by atoms with E-state index in [9.17, 15) is 10.1 Å². The number of hydrogen-bond acceptors (Lipinski definition) is 5. The van der Waals surface area contributed by atoms with Crippen molar-refractivity contribution < 1.29 is 14.8 Å². The first-order valence-corrected chi connectivity index (χ1v) is 7.06. The van der Waals surface area contributed by atoms with Gasteiger partial charge in [0.2, 0.25) is 0 Å². The SMILES string of the molecule is O=[N+]([O-])c1cccc(OCc2ccc(C#CCCO)s2)c1. The van der Waals surface area contributed by atoms with Gasteiger partial charge < -0.3 is 9.84 Å². The molecule has 0 saturated heterocycles. The van der Waals surface area contributed by atoms with Gasteiger partial charge in [0.1, 0.15) is 12.4 Å². The van der Waals surface area contributed by atoms with E-state index in [0.717, 1.165) is 9.75 Å². The molecular formula is C15H13NO4S. The summed E-state index contributed by atoms with van der Waals surface area (Å²) in [4.78, 5) is 12.1. The summed E-state index contributed by atoms with van der Waals surface area (Å²) in [5.41, 5.74) is 0.00855. The van der Waals surface area contributed by atoms with Crippen LogP contribution >= 0.6 is 11.3 Å². The van der Waals surface area contributed by atoms with Crippen molar-refractivity contribution in [2.45, 2.75) is 13.0 Å². The molecule has 1 heterocycles. The monoisotopic (exact) mass is 303 g/mol. The molecule has 2 rings (SSSR count). The minimum Gasteiger partial charge on any atom is -0.488 e. The number of ether oxygens (including phenoxy) is 1. The summed E-state index contributed by atoms with van der Waals surface area (Å²) >= 11 is 1.50. The predicted octanol–water partition coefficient (Wildman–Crippen LogP) is 2.97. The van der Waals surface area contributed by atoms with Crippen molar-refractivity contribution in [3.05, 3.63) is 56.3 Å². The molecule has 0 aliphatic rings. The minimum atomic E-state index is -0.452. The van der Waals surface area contributed by atoms with Crippen LogP contribution in [0.1, 0.15) is 16.2 Å². The molecule has 0 unspecified atom stereocenters. The highest BCUT2D eigenvalue weighted by Gasteiger charge is 2.06. The van der Waals surface area contributed by atoms with Crippen LogP contribution < -0.4 is 4.74 Å². The fourth-order valence-corrected chi connectivity index (χ4v) is 2.37. The fraction of sp³-hybridized carbons (Fsp3) is 0.200. The average molecular weight is 303 g/mol. The van der Waals surface area contributed by atoms with E-state index in [1.807, 2.05) is 12.1 Å². The summed E-state index contributed by atoms with van der Waals surface area (Å²) in [7, 11) is 0. The smallest absolute Gasteiger partial charge is 0.273 e. The lowest BCUT2D eigenvalue weighted by Crippen LogP contribution is -1.94. The number of benzene rings is 1. The molecule has 0 aliphatic carbocycles. The maximum atomic E-state index is 10.7. The zero-order valence-electron chi connectivity index (χ0n) is 11.1. The molecule has 0 fully saturated rings. The Bertz CT molecular complexity index is 684. The first kappa shape index (κ1) is 15.0. The molecular weight excluding hydrogens is 290 g/mol. The molecule has 0 bridgehead atoms. The van der Waals surface area contributed by atoms with Crippen LogP contribution in [0.2, 0.25) is 0 Å². The van der Waals surface area contributed by atoms with Crippen LogP contribution in [0.3, 0.4) is 0 Å². The van der Waals surface area contributed by atoms with Crippen molar-refractivity contribution in [3.63, 3.8) is 0 Å². The number of aliphatic hydroxyl groups is 1. The standard InChI is InChI=1S/C15H13NO4S/c17-9-2-1-6-14-7-8-15(21-14)11-20-13-5-3-4-12(10-13)16(18)19/h3-5,7-8,10,17H,2,9,11H2. The summed E-state index contributed by atoms with van der Waals surface area (Å²) in [6.07, 6.45) is 0.456. The first-order chi connectivity index (χ1) is 10.2. The lowest BCUT2D eigenvalue weighted by Gasteiger charge is -2.03. The predicted molar refractivity (Wildman–Crippen MR) is 80.3 cm³/mol. The summed E-state index contributed by atoms with van der Waals surface area (Å²) in [5.74, 6) is 6.27. The van der Waals surface area contributed by atoms with Crippen molar-refractivity contribution in [3.8, 4) is 17.6 Å².